The van der Waals surface area contributed by atoms with Gasteiger partial charge in [-0.15, -0.1) is 0 Å². The van der Waals surface area contributed by atoms with Crippen molar-refractivity contribution in [2.75, 3.05) is 23.7 Å². The Balaban J connectivity index is 2.39. The standard InChI is InChI=1S/C14H20ClFN2O/c1-13(2)7-18(8-14(3,4)19-13)12-5-9(15)10(16)6-11(12)17/h5-6H,7-8,17H2,1-4H3. The monoisotopic (exact) mass is 286 g/mol. The van der Waals surface area contributed by atoms with Crippen LogP contribution in [0.4, 0.5) is 15.8 Å². The number of nitrogens with two attached hydrogens (primary N) is 1. The van der Waals surface area contributed by atoms with Gasteiger partial charge in [0, 0.05) is 19.2 Å². The fraction of sp³-hybridized carbons (Fsp3) is 0.571. The number of morpholine rings is 1. The minimum absolute atomic E-state index is 0.0892. The van der Waals surface area contributed by atoms with Crippen LogP contribution in [0.15, 0.2) is 12.1 Å². The van der Waals surface area contributed by atoms with Crippen molar-refractivity contribution in [3.8, 4) is 0 Å². The zero-order valence-electron chi connectivity index (χ0n) is 11.8. The maximum Gasteiger partial charge on any atom is 0.143 e. The molecule has 19 heavy (non-hydrogen) atoms. The Morgan fingerprint density at radius 1 is 1.21 bits per heavy atom. The lowest BCUT2D eigenvalue weighted by molar-refractivity contribution is -0.133. The number of halogens is 2. The molecule has 106 valence electrons. The predicted octanol–water partition coefficient (Wildman–Crippen LogP) is 3.46. The van der Waals surface area contributed by atoms with Crippen molar-refractivity contribution in [2.24, 2.45) is 0 Å². The molecule has 0 bridgehead atoms. The second kappa shape index (κ2) is 4.53. The molecule has 1 aliphatic heterocycles. The van der Waals surface area contributed by atoms with Gasteiger partial charge in [0.15, 0.2) is 0 Å². The van der Waals surface area contributed by atoms with E-state index in [9.17, 15) is 4.39 Å². The van der Waals surface area contributed by atoms with Crippen molar-refractivity contribution in [3.05, 3.63) is 23.0 Å². The van der Waals surface area contributed by atoms with Crippen molar-refractivity contribution in [1.82, 2.24) is 0 Å². The molecule has 1 fully saturated rings. The highest BCUT2D eigenvalue weighted by atomic mass is 35.5. The second-order valence-electron chi connectivity index (χ2n) is 6.30. The SMILES string of the molecule is CC1(C)CN(c2cc(Cl)c(F)cc2N)CC(C)(C)O1. The molecule has 1 aliphatic rings. The minimum Gasteiger partial charge on any atom is -0.397 e. The summed E-state index contributed by atoms with van der Waals surface area (Å²) < 4.78 is 19.4. The molecule has 1 aromatic carbocycles. The molecule has 0 spiro atoms. The Hall–Kier alpha value is -1.00. The molecule has 0 aromatic heterocycles. The third kappa shape index (κ3) is 3.12. The molecule has 0 atom stereocenters. The zero-order chi connectivity index (χ0) is 14.4. The lowest BCUT2D eigenvalue weighted by atomic mass is 9.98. The molecule has 0 radical (unpaired) electrons. The van der Waals surface area contributed by atoms with Crippen LogP contribution >= 0.6 is 11.6 Å². The first-order chi connectivity index (χ1) is 8.60. The van der Waals surface area contributed by atoms with Crippen LogP contribution in [-0.4, -0.2) is 24.3 Å². The molecule has 2 N–H and O–H groups in total. The van der Waals surface area contributed by atoms with E-state index in [1.54, 1.807) is 6.07 Å². The van der Waals surface area contributed by atoms with Crippen LogP contribution < -0.4 is 10.6 Å². The molecule has 1 aromatic rings. The Morgan fingerprint density at radius 2 is 1.74 bits per heavy atom. The van der Waals surface area contributed by atoms with E-state index in [-0.39, 0.29) is 16.2 Å². The summed E-state index contributed by atoms with van der Waals surface area (Å²) in [4.78, 5) is 2.10. The van der Waals surface area contributed by atoms with Gasteiger partial charge in [0.1, 0.15) is 5.82 Å². The van der Waals surface area contributed by atoms with E-state index in [2.05, 4.69) is 4.90 Å². The van der Waals surface area contributed by atoms with Crippen molar-refractivity contribution in [1.29, 1.82) is 0 Å². The summed E-state index contributed by atoms with van der Waals surface area (Å²) in [5, 5.41) is 0.0892. The molecular weight excluding hydrogens is 267 g/mol. The highest BCUT2D eigenvalue weighted by molar-refractivity contribution is 6.31. The number of ether oxygens (including phenoxy) is 1. The van der Waals surface area contributed by atoms with Gasteiger partial charge in [-0.1, -0.05) is 11.6 Å². The lowest BCUT2D eigenvalue weighted by Crippen LogP contribution is -2.57. The number of hydrogen-bond donors (Lipinski definition) is 1. The number of nitrogens with zero attached hydrogens (tertiary/aromatic N) is 1. The zero-order valence-corrected chi connectivity index (χ0v) is 12.5. The van der Waals surface area contributed by atoms with Gasteiger partial charge in [-0.2, -0.15) is 0 Å². The van der Waals surface area contributed by atoms with E-state index in [0.717, 1.165) is 5.69 Å². The van der Waals surface area contributed by atoms with Crippen LogP contribution in [0.25, 0.3) is 0 Å². The quantitative estimate of drug-likeness (QED) is 0.804. The van der Waals surface area contributed by atoms with E-state index < -0.39 is 5.82 Å². The summed E-state index contributed by atoms with van der Waals surface area (Å²) >= 11 is 5.86. The normalized spacial score (nSPS) is 21.5. The summed E-state index contributed by atoms with van der Waals surface area (Å²) in [5.74, 6) is -0.491. The Bertz CT molecular complexity index is 486. The molecule has 1 heterocycles. The molecule has 0 aliphatic carbocycles. The Kier molecular flexibility index (Phi) is 3.43. The van der Waals surface area contributed by atoms with Crippen LogP contribution in [0.5, 0.6) is 0 Å². The Labute approximate surface area is 118 Å². The van der Waals surface area contributed by atoms with E-state index in [0.29, 0.717) is 18.8 Å². The largest absolute Gasteiger partial charge is 0.397 e. The molecule has 2 rings (SSSR count). The summed E-state index contributed by atoms with van der Waals surface area (Å²) in [7, 11) is 0. The van der Waals surface area contributed by atoms with E-state index in [4.69, 9.17) is 22.1 Å². The van der Waals surface area contributed by atoms with Gasteiger partial charge < -0.3 is 15.4 Å². The number of nitrogen functional groups attached to an aromatic ring is 1. The van der Waals surface area contributed by atoms with Gasteiger partial charge in [-0.3, -0.25) is 0 Å². The van der Waals surface area contributed by atoms with Crippen molar-refractivity contribution in [3.63, 3.8) is 0 Å². The average molecular weight is 287 g/mol. The van der Waals surface area contributed by atoms with Crippen molar-refractivity contribution < 1.29 is 9.13 Å². The number of rotatable bonds is 1. The summed E-state index contributed by atoms with van der Waals surface area (Å²) in [6.45, 7) is 9.49. The fourth-order valence-corrected chi connectivity index (χ4v) is 2.94. The van der Waals surface area contributed by atoms with Gasteiger partial charge in [-0.25, -0.2) is 4.39 Å². The maximum absolute atomic E-state index is 13.4. The topological polar surface area (TPSA) is 38.5 Å². The highest BCUT2D eigenvalue weighted by Crippen LogP contribution is 2.36. The van der Waals surface area contributed by atoms with Crippen LogP contribution in [-0.2, 0) is 4.74 Å². The van der Waals surface area contributed by atoms with Gasteiger partial charge >= 0.3 is 0 Å². The number of benzene rings is 1. The van der Waals surface area contributed by atoms with E-state index >= 15 is 0 Å². The minimum atomic E-state index is -0.491. The molecule has 5 heteroatoms. The first-order valence-corrected chi connectivity index (χ1v) is 6.67. The summed E-state index contributed by atoms with van der Waals surface area (Å²) in [5.41, 5.74) is 6.48. The summed E-state index contributed by atoms with van der Waals surface area (Å²) in [6.07, 6.45) is 0. The van der Waals surface area contributed by atoms with E-state index in [1.165, 1.54) is 6.07 Å². The van der Waals surface area contributed by atoms with Crippen molar-refractivity contribution in [2.45, 2.75) is 38.9 Å². The second-order valence-corrected chi connectivity index (χ2v) is 6.71. The van der Waals surface area contributed by atoms with Crippen LogP contribution in [0.3, 0.4) is 0 Å². The van der Waals surface area contributed by atoms with Gasteiger partial charge in [-0.05, 0) is 33.8 Å². The first kappa shape index (κ1) is 14.4. The van der Waals surface area contributed by atoms with E-state index in [1.807, 2.05) is 27.7 Å². The van der Waals surface area contributed by atoms with Gasteiger partial charge in [0.25, 0.3) is 0 Å². The average Bonchev–Trinajstić information content (AvgIpc) is 2.18. The number of anilines is 2. The van der Waals surface area contributed by atoms with Crippen LogP contribution in [0.1, 0.15) is 27.7 Å². The molecule has 3 nitrogen and oxygen atoms in total. The lowest BCUT2D eigenvalue weighted by Gasteiger charge is -2.48. The van der Waals surface area contributed by atoms with Crippen molar-refractivity contribution >= 4 is 23.0 Å². The molecule has 1 saturated heterocycles. The maximum atomic E-state index is 13.4. The fourth-order valence-electron chi connectivity index (χ4n) is 2.78. The Morgan fingerprint density at radius 3 is 2.26 bits per heavy atom. The highest BCUT2D eigenvalue weighted by Gasteiger charge is 2.38. The first-order valence-electron chi connectivity index (χ1n) is 6.29. The predicted molar refractivity (Wildman–Crippen MR) is 77.3 cm³/mol. The van der Waals surface area contributed by atoms with Gasteiger partial charge in [0.2, 0.25) is 0 Å². The van der Waals surface area contributed by atoms with Crippen LogP contribution in [0.2, 0.25) is 5.02 Å². The molecule has 0 unspecified atom stereocenters. The number of hydrogen-bond acceptors (Lipinski definition) is 3. The third-order valence-electron chi connectivity index (χ3n) is 3.11. The smallest absolute Gasteiger partial charge is 0.143 e. The van der Waals surface area contributed by atoms with Gasteiger partial charge in [0.05, 0.1) is 27.6 Å². The molecular formula is C14H20ClFN2O. The molecule has 0 saturated carbocycles. The summed E-state index contributed by atoms with van der Waals surface area (Å²) in [6, 6.07) is 2.86. The van der Waals surface area contributed by atoms with Crippen LogP contribution in [0, 0.1) is 5.82 Å². The third-order valence-corrected chi connectivity index (χ3v) is 3.40. The molecule has 0 amide bonds.